The van der Waals surface area contributed by atoms with Crippen molar-refractivity contribution in [2.45, 2.75) is 127 Å². The first-order chi connectivity index (χ1) is 15.0. The zero-order chi connectivity index (χ0) is 24.9. The molecule has 0 unspecified atom stereocenters. The minimum absolute atomic E-state index is 0.00869. The van der Waals surface area contributed by atoms with Gasteiger partial charge < -0.3 is 13.6 Å². The number of rotatable bonds is 6. The van der Waals surface area contributed by atoms with Crippen molar-refractivity contribution in [1.29, 1.82) is 0 Å². The van der Waals surface area contributed by atoms with E-state index in [4.69, 9.17) is 13.6 Å². The van der Waals surface area contributed by atoms with E-state index in [0.29, 0.717) is 6.42 Å². The summed E-state index contributed by atoms with van der Waals surface area (Å²) >= 11 is 0. The molecule has 1 aliphatic carbocycles. The molecule has 1 saturated carbocycles. The lowest BCUT2D eigenvalue weighted by Gasteiger charge is -2.45. The molecule has 2 aliphatic rings. The predicted molar refractivity (Wildman–Crippen MR) is 141 cm³/mol. The monoisotopic (exact) mass is 490 g/mol. The Balaban J connectivity index is 1.87. The first-order valence-corrected chi connectivity index (χ1v) is 18.5. The summed E-state index contributed by atoms with van der Waals surface area (Å²) in [6, 6.07) is 9.61. The lowest BCUT2D eigenvalue weighted by atomic mass is 9.84. The Bertz CT molecular complexity index is 838. The molecule has 2 fully saturated rings. The van der Waals surface area contributed by atoms with Crippen LogP contribution in [0.3, 0.4) is 0 Å². The van der Waals surface area contributed by atoms with Gasteiger partial charge in [-0.25, -0.2) is 0 Å². The summed E-state index contributed by atoms with van der Waals surface area (Å²) in [5.41, 5.74) is 0.0646. The van der Waals surface area contributed by atoms with Gasteiger partial charge in [0.15, 0.2) is 28.0 Å². The van der Waals surface area contributed by atoms with E-state index in [1.165, 1.54) is 0 Å². The van der Waals surface area contributed by atoms with Crippen molar-refractivity contribution < 1.29 is 18.4 Å². The topological polar surface area (TPSA) is 48.1 Å². The molecular weight excluding hydrogens is 444 g/mol. The highest BCUT2D eigenvalue weighted by molar-refractivity contribution is 6.74. The summed E-state index contributed by atoms with van der Waals surface area (Å²) in [7, 11) is -3.98. The number of benzene rings is 1. The molecule has 186 valence electrons. The maximum Gasteiger partial charge on any atom is 0.197 e. The van der Waals surface area contributed by atoms with Gasteiger partial charge in [0.25, 0.3) is 0 Å². The molecule has 0 aromatic heterocycles. The summed E-state index contributed by atoms with van der Waals surface area (Å²) in [4.78, 5) is 13.4. The highest BCUT2D eigenvalue weighted by Crippen LogP contribution is 2.50. The third kappa shape index (κ3) is 5.56. The number of ketones is 1. The van der Waals surface area contributed by atoms with Gasteiger partial charge in [0.05, 0.1) is 18.3 Å². The number of ether oxygens (including phenoxy) is 1. The van der Waals surface area contributed by atoms with E-state index >= 15 is 0 Å². The van der Waals surface area contributed by atoms with Crippen molar-refractivity contribution in [2.75, 3.05) is 0 Å². The zero-order valence-electron chi connectivity index (χ0n) is 22.6. The number of epoxide rings is 1. The Morgan fingerprint density at radius 1 is 0.848 bits per heavy atom. The fourth-order valence-corrected chi connectivity index (χ4v) is 7.06. The van der Waals surface area contributed by atoms with Crippen LogP contribution in [0, 0.1) is 0 Å². The lowest BCUT2D eigenvalue weighted by molar-refractivity contribution is 0.0177. The molecule has 6 heteroatoms. The zero-order valence-corrected chi connectivity index (χ0v) is 24.6. The van der Waals surface area contributed by atoms with Crippen LogP contribution in [0.2, 0.25) is 36.3 Å². The molecule has 0 N–H and O–H groups in total. The first-order valence-electron chi connectivity index (χ1n) is 12.6. The summed E-state index contributed by atoms with van der Waals surface area (Å²) in [5.74, 6) is 0.128. The Morgan fingerprint density at radius 3 is 1.82 bits per heavy atom. The molecule has 33 heavy (non-hydrogen) atoms. The SMILES string of the molecule is CC(C)(C)[Si](C)(C)O[C@H]1CC[C@@]2(C(=O)c3ccccc3)O[C@H]2CC[C@H]1O[Si](C)(C)C(C)(C)C. The molecular formula is C27H46O4Si2. The van der Waals surface area contributed by atoms with Gasteiger partial charge in [0.1, 0.15) is 0 Å². The minimum Gasteiger partial charge on any atom is -0.411 e. The van der Waals surface area contributed by atoms with Crippen molar-refractivity contribution in [2.24, 2.45) is 0 Å². The Labute approximate surface area is 204 Å². The smallest absolute Gasteiger partial charge is 0.197 e. The van der Waals surface area contributed by atoms with E-state index in [-0.39, 0.29) is 34.2 Å². The molecule has 1 aliphatic heterocycles. The van der Waals surface area contributed by atoms with Crippen LogP contribution in [0.25, 0.3) is 0 Å². The number of carbonyl (C=O) groups excluding carboxylic acids is 1. The fourth-order valence-electron chi connectivity index (χ4n) is 4.30. The summed E-state index contributed by atoms with van der Waals surface area (Å²) in [5, 5.41) is 0.257. The van der Waals surface area contributed by atoms with Crippen LogP contribution >= 0.6 is 0 Å². The lowest BCUT2D eigenvalue weighted by Crippen LogP contribution is -2.52. The third-order valence-corrected chi connectivity index (χ3v) is 17.7. The van der Waals surface area contributed by atoms with Gasteiger partial charge in [0, 0.05) is 5.56 Å². The number of Topliss-reactive ketones (excluding diaryl/α,β-unsaturated/α-hetero) is 1. The molecule has 4 atom stereocenters. The number of hydrogen-bond donors (Lipinski definition) is 0. The Kier molecular flexibility index (Phi) is 7.32. The van der Waals surface area contributed by atoms with Gasteiger partial charge in [-0.3, -0.25) is 4.79 Å². The van der Waals surface area contributed by atoms with Crippen LogP contribution in [0.1, 0.15) is 77.6 Å². The van der Waals surface area contributed by atoms with E-state index in [2.05, 4.69) is 67.7 Å². The summed E-state index contributed by atoms with van der Waals surface area (Å²) < 4.78 is 20.2. The molecule has 0 radical (unpaired) electrons. The van der Waals surface area contributed by atoms with Crippen LogP contribution in [0.4, 0.5) is 0 Å². The van der Waals surface area contributed by atoms with Gasteiger partial charge in [-0.15, -0.1) is 0 Å². The average molecular weight is 491 g/mol. The number of hydrogen-bond acceptors (Lipinski definition) is 4. The van der Waals surface area contributed by atoms with Gasteiger partial charge in [-0.05, 0) is 61.9 Å². The van der Waals surface area contributed by atoms with Gasteiger partial charge in [0.2, 0.25) is 0 Å². The largest absolute Gasteiger partial charge is 0.411 e. The number of carbonyl (C=O) groups is 1. The Morgan fingerprint density at radius 2 is 1.33 bits per heavy atom. The quantitative estimate of drug-likeness (QED) is 0.237. The summed E-state index contributed by atoms with van der Waals surface area (Å²) in [6.45, 7) is 23.0. The predicted octanol–water partition coefficient (Wildman–Crippen LogP) is 7.36. The van der Waals surface area contributed by atoms with Crippen molar-refractivity contribution in [3.05, 3.63) is 35.9 Å². The van der Waals surface area contributed by atoms with Crippen molar-refractivity contribution in [3.63, 3.8) is 0 Å². The van der Waals surface area contributed by atoms with Crippen LogP contribution in [-0.4, -0.2) is 46.3 Å². The minimum atomic E-state index is -2.01. The van der Waals surface area contributed by atoms with Crippen LogP contribution in [0.15, 0.2) is 30.3 Å². The van der Waals surface area contributed by atoms with E-state index in [0.717, 1.165) is 24.8 Å². The Hall–Kier alpha value is -0.796. The normalized spacial score (nSPS) is 29.1. The van der Waals surface area contributed by atoms with E-state index < -0.39 is 22.2 Å². The van der Waals surface area contributed by atoms with Crippen molar-refractivity contribution in [3.8, 4) is 0 Å². The van der Waals surface area contributed by atoms with Crippen molar-refractivity contribution in [1.82, 2.24) is 0 Å². The third-order valence-electron chi connectivity index (χ3n) is 8.67. The maximum absolute atomic E-state index is 13.4. The molecule has 3 rings (SSSR count). The standard InChI is InChI=1S/C27H46O4Si2/c1-25(2,3)32(7,8)30-21-16-17-23-27(29-23,24(28)20-14-12-11-13-15-20)19-18-22(21)31-33(9,10)26(4,5)6/h11-15,21-23H,16-19H2,1-10H3/t21-,22+,23+,27-/m1/s1. The van der Waals surface area contributed by atoms with Crippen LogP contribution in [-0.2, 0) is 13.6 Å². The maximum atomic E-state index is 13.4. The molecule has 4 nitrogen and oxygen atoms in total. The van der Waals surface area contributed by atoms with Crippen molar-refractivity contribution >= 4 is 22.4 Å². The van der Waals surface area contributed by atoms with Gasteiger partial charge in [-0.1, -0.05) is 71.9 Å². The highest BCUT2D eigenvalue weighted by Gasteiger charge is 2.62. The number of fused-ring (bicyclic) bond motifs is 1. The second-order valence-corrected chi connectivity index (χ2v) is 22.7. The molecule has 0 spiro atoms. The van der Waals surface area contributed by atoms with Gasteiger partial charge >= 0.3 is 0 Å². The fraction of sp³-hybridized carbons (Fsp3) is 0.741. The summed E-state index contributed by atoms with van der Waals surface area (Å²) in [6.07, 6.45) is 3.24. The van der Waals surface area contributed by atoms with Gasteiger partial charge in [-0.2, -0.15) is 0 Å². The van der Waals surface area contributed by atoms with E-state index in [9.17, 15) is 4.79 Å². The molecule has 1 aromatic rings. The second kappa shape index (κ2) is 9.01. The van der Waals surface area contributed by atoms with E-state index in [1.54, 1.807) is 0 Å². The van der Waals surface area contributed by atoms with Crippen LogP contribution in [0.5, 0.6) is 0 Å². The molecule has 1 aromatic carbocycles. The highest BCUT2D eigenvalue weighted by atomic mass is 28.4. The first kappa shape index (κ1) is 26.8. The second-order valence-electron chi connectivity index (χ2n) is 13.1. The van der Waals surface area contributed by atoms with E-state index in [1.807, 2.05) is 30.3 Å². The van der Waals surface area contributed by atoms with Crippen LogP contribution < -0.4 is 0 Å². The molecule has 0 amide bonds. The average Bonchev–Trinajstić information content (AvgIpc) is 3.39. The molecule has 1 heterocycles. The molecule has 1 saturated heterocycles. The molecule has 0 bridgehead atoms.